The molecule has 0 saturated heterocycles. The predicted molar refractivity (Wildman–Crippen MR) is 64.9 cm³/mol. The Hall–Kier alpha value is -1.77. The summed E-state index contributed by atoms with van der Waals surface area (Å²) in [7, 11) is 0. The molecule has 3 nitrogen and oxygen atoms in total. The second-order valence-corrected chi connectivity index (χ2v) is 3.74. The third kappa shape index (κ3) is 3.77. The van der Waals surface area contributed by atoms with Gasteiger partial charge in [-0.15, -0.1) is 0 Å². The molecule has 16 heavy (non-hydrogen) atoms. The Labute approximate surface area is 95.6 Å². The fourth-order valence-electron chi connectivity index (χ4n) is 1.45. The van der Waals surface area contributed by atoms with E-state index in [0.29, 0.717) is 0 Å². The van der Waals surface area contributed by atoms with Gasteiger partial charge in [0, 0.05) is 0 Å². The fraction of sp³-hybridized carbons (Fsp3) is 0.308. The number of hydrogen-bond acceptors (Lipinski definition) is 2. The Morgan fingerprint density at radius 2 is 2.25 bits per heavy atom. The highest BCUT2D eigenvalue weighted by Crippen LogP contribution is 2.11. The highest BCUT2D eigenvalue weighted by Gasteiger charge is 2.01. The summed E-state index contributed by atoms with van der Waals surface area (Å²) in [6, 6.07) is 7.73. The van der Waals surface area contributed by atoms with Gasteiger partial charge in [-0.3, -0.25) is 4.79 Å². The van der Waals surface area contributed by atoms with E-state index in [9.17, 15) is 9.90 Å². The van der Waals surface area contributed by atoms with Crippen LogP contribution >= 0.6 is 0 Å². The summed E-state index contributed by atoms with van der Waals surface area (Å²) in [4.78, 5) is 10.7. The van der Waals surface area contributed by atoms with Gasteiger partial charge in [-0.1, -0.05) is 37.6 Å². The average molecular weight is 219 g/mol. The van der Waals surface area contributed by atoms with Crippen molar-refractivity contribution >= 4 is 12.0 Å². The second-order valence-electron chi connectivity index (χ2n) is 3.74. The van der Waals surface area contributed by atoms with Crippen LogP contribution in [-0.2, 0) is 11.2 Å². The van der Waals surface area contributed by atoms with E-state index >= 15 is 0 Å². The van der Waals surface area contributed by atoms with E-state index < -0.39 is 11.7 Å². The molecule has 1 amide bonds. The van der Waals surface area contributed by atoms with Gasteiger partial charge in [-0.05, 0) is 30.0 Å². The number of amides is 1. The van der Waals surface area contributed by atoms with Crippen molar-refractivity contribution in [1.82, 2.24) is 0 Å². The summed E-state index contributed by atoms with van der Waals surface area (Å²) in [5, 5.41) is 9.23. The lowest BCUT2D eigenvalue weighted by atomic mass is 10.1. The minimum atomic E-state index is -0.807. The Balaban J connectivity index is 2.82. The van der Waals surface area contributed by atoms with Crippen molar-refractivity contribution in [1.29, 1.82) is 0 Å². The van der Waals surface area contributed by atoms with E-state index in [1.165, 1.54) is 11.6 Å². The molecule has 1 aromatic carbocycles. The Morgan fingerprint density at radius 3 is 2.88 bits per heavy atom. The van der Waals surface area contributed by atoms with Gasteiger partial charge in [-0.2, -0.15) is 0 Å². The van der Waals surface area contributed by atoms with E-state index in [1.54, 1.807) is 0 Å². The molecule has 1 aromatic rings. The summed E-state index contributed by atoms with van der Waals surface area (Å²) >= 11 is 0. The van der Waals surface area contributed by atoms with E-state index in [1.807, 2.05) is 24.3 Å². The molecule has 86 valence electrons. The van der Waals surface area contributed by atoms with Gasteiger partial charge in [-0.25, -0.2) is 0 Å². The van der Waals surface area contributed by atoms with Crippen molar-refractivity contribution in [2.24, 2.45) is 5.73 Å². The number of carbonyl (C=O) groups is 1. The first-order chi connectivity index (χ1) is 7.63. The first kappa shape index (κ1) is 12.3. The number of benzene rings is 1. The van der Waals surface area contributed by atoms with Gasteiger partial charge in [0.25, 0.3) is 5.91 Å². The standard InChI is InChI=1S/C13H17NO2/c1-2-3-5-10-6-4-7-11(8-10)9-12(15)13(14)16/h4,6-9,15H,2-3,5H2,1H3,(H2,14,16). The number of nitrogens with two attached hydrogens (primary N) is 1. The van der Waals surface area contributed by atoms with Crippen LogP contribution in [0.2, 0.25) is 0 Å². The lowest BCUT2D eigenvalue weighted by Gasteiger charge is -2.01. The molecule has 3 heteroatoms. The normalized spacial score (nSPS) is 11.4. The number of rotatable bonds is 5. The summed E-state index contributed by atoms with van der Waals surface area (Å²) in [5.74, 6) is -1.22. The van der Waals surface area contributed by atoms with Gasteiger partial charge in [0.05, 0.1) is 0 Å². The van der Waals surface area contributed by atoms with Crippen molar-refractivity contribution in [3.05, 3.63) is 41.2 Å². The quantitative estimate of drug-likeness (QED) is 0.590. The third-order valence-corrected chi connectivity index (χ3v) is 2.33. The zero-order valence-electron chi connectivity index (χ0n) is 9.44. The monoisotopic (exact) mass is 219 g/mol. The van der Waals surface area contributed by atoms with E-state index in [-0.39, 0.29) is 0 Å². The van der Waals surface area contributed by atoms with Gasteiger partial charge in [0.2, 0.25) is 0 Å². The van der Waals surface area contributed by atoms with Crippen molar-refractivity contribution < 1.29 is 9.90 Å². The van der Waals surface area contributed by atoms with Crippen LogP contribution in [0.4, 0.5) is 0 Å². The van der Waals surface area contributed by atoms with Gasteiger partial charge in [0.1, 0.15) is 0 Å². The fourth-order valence-corrected chi connectivity index (χ4v) is 1.45. The van der Waals surface area contributed by atoms with Gasteiger partial charge in [0.15, 0.2) is 5.76 Å². The minimum absolute atomic E-state index is 0.410. The molecular formula is C13H17NO2. The number of aryl methyl sites for hydroxylation is 1. The summed E-state index contributed by atoms with van der Waals surface area (Å²) < 4.78 is 0. The number of aliphatic hydroxyl groups is 1. The maximum Gasteiger partial charge on any atom is 0.283 e. The van der Waals surface area contributed by atoms with Crippen LogP contribution in [0.1, 0.15) is 30.9 Å². The lowest BCUT2D eigenvalue weighted by Crippen LogP contribution is -2.13. The summed E-state index contributed by atoms with van der Waals surface area (Å²) in [6.45, 7) is 2.14. The van der Waals surface area contributed by atoms with Gasteiger partial charge >= 0.3 is 0 Å². The second kappa shape index (κ2) is 5.95. The van der Waals surface area contributed by atoms with Gasteiger partial charge < -0.3 is 10.8 Å². The molecule has 0 spiro atoms. The molecule has 0 aromatic heterocycles. The Bertz CT molecular complexity index is 397. The highest BCUT2D eigenvalue weighted by molar-refractivity contribution is 5.93. The molecule has 0 heterocycles. The zero-order valence-corrected chi connectivity index (χ0v) is 9.44. The molecule has 3 N–H and O–H groups in total. The average Bonchev–Trinajstić information content (AvgIpc) is 2.26. The Kier molecular flexibility index (Phi) is 4.58. The number of primary amides is 1. The van der Waals surface area contributed by atoms with Crippen LogP contribution in [0.15, 0.2) is 30.0 Å². The predicted octanol–water partition coefficient (Wildman–Crippen LogP) is 2.41. The SMILES string of the molecule is CCCCc1cccc(C=C(O)C(N)=O)c1. The summed E-state index contributed by atoms with van der Waals surface area (Å²) in [5.41, 5.74) is 6.94. The van der Waals surface area contributed by atoms with E-state index in [0.717, 1.165) is 24.8 Å². The van der Waals surface area contributed by atoms with E-state index in [4.69, 9.17) is 5.73 Å². The third-order valence-electron chi connectivity index (χ3n) is 2.33. The number of unbranched alkanes of at least 4 members (excludes halogenated alkanes) is 1. The molecule has 0 fully saturated rings. The number of carbonyl (C=O) groups excluding carboxylic acids is 1. The first-order valence-electron chi connectivity index (χ1n) is 5.43. The summed E-state index contributed by atoms with van der Waals surface area (Å²) in [6.07, 6.45) is 4.68. The van der Waals surface area contributed by atoms with Crippen molar-refractivity contribution in [3.63, 3.8) is 0 Å². The Morgan fingerprint density at radius 1 is 1.50 bits per heavy atom. The molecule has 0 unspecified atom stereocenters. The van der Waals surface area contributed by atoms with Crippen molar-refractivity contribution in [3.8, 4) is 0 Å². The molecule has 0 aliphatic heterocycles. The highest BCUT2D eigenvalue weighted by atomic mass is 16.3. The van der Waals surface area contributed by atoms with Crippen LogP contribution in [0.3, 0.4) is 0 Å². The smallest absolute Gasteiger partial charge is 0.283 e. The molecule has 0 aliphatic carbocycles. The van der Waals surface area contributed by atoms with Crippen LogP contribution < -0.4 is 5.73 Å². The molecule has 0 radical (unpaired) electrons. The van der Waals surface area contributed by atoms with Crippen LogP contribution in [0.5, 0.6) is 0 Å². The molecule has 0 saturated carbocycles. The van der Waals surface area contributed by atoms with Crippen molar-refractivity contribution in [2.75, 3.05) is 0 Å². The molecule has 1 rings (SSSR count). The topological polar surface area (TPSA) is 63.3 Å². The van der Waals surface area contributed by atoms with Crippen LogP contribution in [0, 0.1) is 0 Å². The lowest BCUT2D eigenvalue weighted by molar-refractivity contribution is -0.116. The van der Waals surface area contributed by atoms with Crippen molar-refractivity contribution in [2.45, 2.75) is 26.2 Å². The maximum atomic E-state index is 10.7. The molecular weight excluding hydrogens is 202 g/mol. The maximum absolute atomic E-state index is 10.7. The van der Waals surface area contributed by atoms with E-state index in [2.05, 4.69) is 6.92 Å². The zero-order chi connectivity index (χ0) is 12.0. The largest absolute Gasteiger partial charge is 0.503 e. The molecule has 0 aliphatic rings. The first-order valence-corrected chi connectivity index (χ1v) is 5.43. The molecule has 0 atom stereocenters. The number of hydrogen-bond donors (Lipinski definition) is 2. The molecule has 0 bridgehead atoms. The van der Waals surface area contributed by atoms with Crippen LogP contribution in [0.25, 0.3) is 6.08 Å². The number of aliphatic hydroxyl groups excluding tert-OH is 1. The van der Waals surface area contributed by atoms with Crippen LogP contribution in [-0.4, -0.2) is 11.0 Å². The minimum Gasteiger partial charge on any atom is -0.503 e.